The predicted molar refractivity (Wildman–Crippen MR) is 134 cm³/mol. The molecule has 1 N–H and O–H groups in total. The highest BCUT2D eigenvalue weighted by molar-refractivity contribution is 6.02. The van der Waals surface area contributed by atoms with E-state index in [0.717, 1.165) is 44.5 Å². The first kappa shape index (κ1) is 21.0. The molecule has 2 aromatic carbocycles. The van der Waals surface area contributed by atoms with Crippen LogP contribution in [0.1, 0.15) is 24.8 Å². The van der Waals surface area contributed by atoms with Crippen molar-refractivity contribution in [2.24, 2.45) is 0 Å². The number of nitrogens with zero attached hydrogens (tertiary/aromatic N) is 5. The van der Waals surface area contributed by atoms with E-state index in [9.17, 15) is 9.18 Å². The fourth-order valence-corrected chi connectivity index (χ4v) is 5.51. The lowest BCUT2D eigenvalue weighted by Gasteiger charge is -2.44. The molecule has 9 heteroatoms. The summed E-state index contributed by atoms with van der Waals surface area (Å²) in [5, 5.41) is 7.93. The summed E-state index contributed by atoms with van der Waals surface area (Å²) in [7, 11) is 0. The summed E-state index contributed by atoms with van der Waals surface area (Å²) in [4.78, 5) is 24.9. The van der Waals surface area contributed by atoms with Crippen molar-refractivity contribution >= 4 is 27.9 Å². The molecule has 0 amide bonds. The van der Waals surface area contributed by atoms with E-state index < -0.39 is 5.82 Å². The molecule has 1 saturated heterocycles. The summed E-state index contributed by atoms with van der Waals surface area (Å²) < 4.78 is 22.6. The van der Waals surface area contributed by atoms with Crippen LogP contribution in [0.4, 0.5) is 10.3 Å². The Morgan fingerprint density at radius 3 is 2.67 bits per heavy atom. The van der Waals surface area contributed by atoms with Crippen LogP contribution in [0, 0.1) is 5.82 Å². The fraction of sp³-hybridized carbons (Fsp3) is 0.259. The number of benzene rings is 2. The number of hydrogen-bond acceptors (Lipinski definition) is 6. The van der Waals surface area contributed by atoms with Crippen LogP contribution >= 0.6 is 0 Å². The highest BCUT2D eigenvalue weighted by Crippen LogP contribution is 2.39. The van der Waals surface area contributed by atoms with Crippen LogP contribution in [0.3, 0.4) is 0 Å². The Balaban J connectivity index is 1.27. The summed E-state index contributed by atoms with van der Waals surface area (Å²) in [5.41, 5.74) is 1.65. The van der Waals surface area contributed by atoms with Gasteiger partial charge in [0.25, 0.3) is 5.56 Å². The van der Waals surface area contributed by atoms with Crippen molar-refractivity contribution < 1.29 is 9.13 Å². The van der Waals surface area contributed by atoms with Gasteiger partial charge in [-0.3, -0.25) is 14.5 Å². The Morgan fingerprint density at radius 2 is 1.81 bits per heavy atom. The summed E-state index contributed by atoms with van der Waals surface area (Å²) in [6.45, 7) is 1.45. The standard InChI is InChI=1S/C27H23FN6O2/c28-20-6-2-3-7-21(20)34-24-18(23-19(25(34)35)16-30-32-23)15-29-26(31-24)33-13-11-27(12-14-33)10-9-17-5-1-4-8-22(17)36-27/h1-8,15-16H,9-14H2,(H,30,32). The highest BCUT2D eigenvalue weighted by Gasteiger charge is 2.40. The SMILES string of the molecule is O=c1c2c[nH]nc2c2cnc(N3CCC4(CCc5ccccc5O4)CC3)nc2n1-c1ccccc1F. The normalized spacial score (nSPS) is 16.9. The molecule has 5 heterocycles. The van der Waals surface area contributed by atoms with Crippen molar-refractivity contribution in [1.82, 2.24) is 24.7 Å². The predicted octanol–water partition coefficient (Wildman–Crippen LogP) is 4.16. The second-order valence-corrected chi connectivity index (χ2v) is 9.53. The van der Waals surface area contributed by atoms with Crippen LogP contribution in [0.5, 0.6) is 5.75 Å². The van der Waals surface area contributed by atoms with Gasteiger partial charge in [-0.15, -0.1) is 0 Å². The molecular formula is C27H23FN6O2. The lowest BCUT2D eigenvalue weighted by atomic mass is 9.83. The summed E-state index contributed by atoms with van der Waals surface area (Å²) in [5.74, 6) is 0.988. The molecule has 2 aliphatic rings. The number of piperidine rings is 1. The van der Waals surface area contributed by atoms with Crippen molar-refractivity contribution in [2.75, 3.05) is 18.0 Å². The van der Waals surface area contributed by atoms with Gasteiger partial charge in [0.2, 0.25) is 5.95 Å². The second kappa shape index (κ2) is 7.87. The highest BCUT2D eigenvalue weighted by atomic mass is 19.1. The molecule has 2 aliphatic heterocycles. The number of halogens is 1. The molecule has 3 aromatic heterocycles. The number of nitrogens with one attached hydrogen (secondary N) is 1. The number of ether oxygens (including phenoxy) is 1. The van der Waals surface area contributed by atoms with Crippen molar-refractivity contribution in [3.05, 3.63) is 82.7 Å². The van der Waals surface area contributed by atoms with Gasteiger partial charge in [0, 0.05) is 38.3 Å². The molecule has 8 nitrogen and oxygen atoms in total. The molecule has 1 spiro atoms. The zero-order valence-corrected chi connectivity index (χ0v) is 19.4. The first-order valence-corrected chi connectivity index (χ1v) is 12.1. The molecule has 36 heavy (non-hydrogen) atoms. The number of para-hydroxylation sites is 2. The first-order chi connectivity index (χ1) is 17.6. The van der Waals surface area contributed by atoms with Gasteiger partial charge in [-0.05, 0) is 36.6 Å². The van der Waals surface area contributed by atoms with Gasteiger partial charge in [0.05, 0.1) is 16.5 Å². The van der Waals surface area contributed by atoms with E-state index in [-0.39, 0.29) is 16.8 Å². The van der Waals surface area contributed by atoms with Crippen molar-refractivity contribution in [2.45, 2.75) is 31.3 Å². The molecule has 0 atom stereocenters. The Bertz CT molecular complexity index is 1690. The quantitative estimate of drug-likeness (QED) is 0.407. The lowest BCUT2D eigenvalue weighted by Crippen LogP contribution is -2.50. The lowest BCUT2D eigenvalue weighted by molar-refractivity contribution is 0.0223. The number of aromatic amines is 1. The number of aryl methyl sites for hydroxylation is 1. The maximum atomic E-state index is 14.8. The topological polar surface area (TPSA) is 88.9 Å². The van der Waals surface area contributed by atoms with Crippen molar-refractivity contribution in [3.63, 3.8) is 0 Å². The van der Waals surface area contributed by atoms with Gasteiger partial charge >= 0.3 is 0 Å². The third-order valence-electron chi connectivity index (χ3n) is 7.50. The number of aromatic nitrogens is 5. The van der Waals surface area contributed by atoms with Gasteiger partial charge in [-0.2, -0.15) is 10.1 Å². The number of H-pyrrole nitrogens is 1. The molecule has 0 aliphatic carbocycles. The molecule has 0 saturated carbocycles. The number of rotatable bonds is 2. The minimum absolute atomic E-state index is 0.145. The molecular weight excluding hydrogens is 459 g/mol. The maximum absolute atomic E-state index is 14.8. The summed E-state index contributed by atoms with van der Waals surface area (Å²) in [6.07, 6.45) is 6.89. The Hall–Kier alpha value is -4.27. The number of anilines is 1. The van der Waals surface area contributed by atoms with Crippen molar-refractivity contribution in [1.29, 1.82) is 0 Å². The molecule has 0 bridgehead atoms. The average molecular weight is 483 g/mol. The van der Waals surface area contributed by atoms with E-state index in [1.807, 2.05) is 12.1 Å². The van der Waals surface area contributed by atoms with Crippen LogP contribution in [0.2, 0.25) is 0 Å². The zero-order chi connectivity index (χ0) is 24.3. The van der Waals surface area contributed by atoms with Crippen LogP contribution in [-0.4, -0.2) is 43.4 Å². The largest absolute Gasteiger partial charge is 0.487 e. The fourth-order valence-electron chi connectivity index (χ4n) is 5.51. The van der Waals surface area contributed by atoms with Gasteiger partial charge in [-0.1, -0.05) is 30.3 Å². The molecule has 1 fully saturated rings. The van der Waals surface area contributed by atoms with Gasteiger partial charge in [-0.25, -0.2) is 9.37 Å². The minimum Gasteiger partial charge on any atom is -0.487 e. The third-order valence-corrected chi connectivity index (χ3v) is 7.50. The zero-order valence-electron chi connectivity index (χ0n) is 19.4. The van der Waals surface area contributed by atoms with E-state index in [2.05, 4.69) is 32.2 Å². The number of fused-ring (bicyclic) bond motifs is 4. The number of hydrogen-bond donors (Lipinski definition) is 1. The van der Waals surface area contributed by atoms with E-state index in [4.69, 9.17) is 9.72 Å². The van der Waals surface area contributed by atoms with Crippen molar-refractivity contribution in [3.8, 4) is 11.4 Å². The third kappa shape index (κ3) is 3.19. The van der Waals surface area contributed by atoms with Gasteiger partial charge in [0.15, 0.2) is 5.65 Å². The monoisotopic (exact) mass is 482 g/mol. The molecule has 0 unspecified atom stereocenters. The van der Waals surface area contributed by atoms with E-state index in [1.54, 1.807) is 24.4 Å². The number of pyridine rings is 1. The van der Waals surface area contributed by atoms with Crippen LogP contribution in [0.15, 0.2) is 65.7 Å². The average Bonchev–Trinajstić information content (AvgIpc) is 3.41. The second-order valence-electron chi connectivity index (χ2n) is 9.53. The Labute approximate surface area is 205 Å². The first-order valence-electron chi connectivity index (χ1n) is 12.1. The minimum atomic E-state index is -0.501. The molecule has 180 valence electrons. The van der Waals surface area contributed by atoms with E-state index in [1.165, 1.54) is 22.4 Å². The van der Waals surface area contributed by atoms with Crippen LogP contribution in [0.25, 0.3) is 27.6 Å². The van der Waals surface area contributed by atoms with Gasteiger partial charge < -0.3 is 9.64 Å². The summed E-state index contributed by atoms with van der Waals surface area (Å²) >= 11 is 0. The van der Waals surface area contributed by atoms with Gasteiger partial charge in [0.1, 0.15) is 22.7 Å². The van der Waals surface area contributed by atoms with E-state index >= 15 is 0 Å². The maximum Gasteiger partial charge on any atom is 0.267 e. The van der Waals surface area contributed by atoms with Crippen LogP contribution in [-0.2, 0) is 6.42 Å². The Morgan fingerprint density at radius 1 is 1.00 bits per heavy atom. The molecule has 7 rings (SSSR count). The molecule has 0 radical (unpaired) electrons. The Kier molecular flexibility index (Phi) is 4.60. The smallest absolute Gasteiger partial charge is 0.267 e. The summed E-state index contributed by atoms with van der Waals surface area (Å²) in [6, 6.07) is 14.5. The van der Waals surface area contributed by atoms with E-state index in [0.29, 0.717) is 27.9 Å². The van der Waals surface area contributed by atoms with Crippen LogP contribution < -0.4 is 15.2 Å². The molecule has 5 aromatic rings.